The molecule has 164 valence electrons. The third kappa shape index (κ3) is 3.67. The van der Waals surface area contributed by atoms with E-state index in [1.807, 2.05) is 61.5 Å². The largest absolute Gasteiger partial charge is 0.342 e. The molecule has 0 unspecified atom stereocenters. The van der Waals surface area contributed by atoms with E-state index in [4.69, 9.17) is 0 Å². The molecule has 5 rings (SSSR count). The van der Waals surface area contributed by atoms with Gasteiger partial charge in [0.25, 0.3) is 0 Å². The summed E-state index contributed by atoms with van der Waals surface area (Å²) in [4.78, 5) is 39.7. The molecular formula is C26H23N5O2. The average molecular weight is 438 g/mol. The fourth-order valence-corrected chi connectivity index (χ4v) is 4.10. The van der Waals surface area contributed by atoms with Crippen molar-refractivity contribution in [3.63, 3.8) is 0 Å². The molecule has 0 aliphatic heterocycles. The summed E-state index contributed by atoms with van der Waals surface area (Å²) in [6.07, 6.45) is 4.03. The second kappa shape index (κ2) is 8.02. The number of rotatable bonds is 4. The number of para-hydroxylation sites is 1. The van der Waals surface area contributed by atoms with Crippen molar-refractivity contribution in [2.45, 2.75) is 13.3 Å². The Kier molecular flexibility index (Phi) is 5.01. The minimum atomic E-state index is -0.198. The number of amides is 1. The molecule has 0 atom stereocenters. The minimum Gasteiger partial charge on any atom is -0.342 e. The average Bonchev–Trinajstić information content (AvgIpc) is 3.39. The fraction of sp³-hybridized carbons (Fsp3) is 0.154. The van der Waals surface area contributed by atoms with Gasteiger partial charge in [0.1, 0.15) is 11.3 Å². The molecular weight excluding hydrogens is 414 g/mol. The van der Waals surface area contributed by atoms with Crippen molar-refractivity contribution in [3.05, 3.63) is 95.2 Å². The van der Waals surface area contributed by atoms with Crippen LogP contribution in [0.2, 0.25) is 0 Å². The molecule has 0 saturated heterocycles. The maximum atomic E-state index is 13.3. The molecule has 7 heteroatoms. The molecule has 0 fully saturated rings. The standard InChI is InChI=1S/C26H23N5O2/c1-16-28-21-12-13-27-22(24(21)29-16)14-17-8-10-18(11-9-17)25(32)20-15-31(26(33)30(2)3)23-7-5-4-6-19(20)23/h4-13,15H,14H2,1-3H3,(H,28,29). The lowest BCUT2D eigenvalue weighted by Gasteiger charge is -2.11. The number of hydrogen-bond donors (Lipinski definition) is 1. The van der Waals surface area contributed by atoms with Crippen LogP contribution in [0.15, 0.2) is 67.0 Å². The number of imidazole rings is 1. The van der Waals surface area contributed by atoms with E-state index >= 15 is 0 Å². The first-order valence-electron chi connectivity index (χ1n) is 10.7. The van der Waals surface area contributed by atoms with E-state index in [0.717, 1.165) is 33.5 Å². The summed E-state index contributed by atoms with van der Waals surface area (Å²) in [5, 5.41) is 0.756. The molecule has 3 aromatic heterocycles. The molecule has 0 aliphatic carbocycles. The maximum Gasteiger partial charge on any atom is 0.328 e. The monoisotopic (exact) mass is 437 g/mol. The van der Waals surface area contributed by atoms with Gasteiger partial charge in [0, 0.05) is 49.4 Å². The van der Waals surface area contributed by atoms with Gasteiger partial charge < -0.3 is 9.88 Å². The molecule has 0 bridgehead atoms. The van der Waals surface area contributed by atoms with Crippen LogP contribution in [0, 0.1) is 6.92 Å². The lowest BCUT2D eigenvalue weighted by atomic mass is 10.00. The van der Waals surface area contributed by atoms with Crippen LogP contribution in [0.4, 0.5) is 4.79 Å². The van der Waals surface area contributed by atoms with Gasteiger partial charge in [0.15, 0.2) is 5.78 Å². The van der Waals surface area contributed by atoms with Gasteiger partial charge in [-0.05, 0) is 24.6 Å². The Morgan fingerprint density at radius 1 is 1.03 bits per heavy atom. The second-order valence-electron chi connectivity index (χ2n) is 8.29. The Balaban J connectivity index is 1.46. The van der Waals surface area contributed by atoms with Crippen LogP contribution >= 0.6 is 0 Å². The molecule has 1 N–H and O–H groups in total. The number of H-pyrrole nitrogens is 1. The van der Waals surface area contributed by atoms with Gasteiger partial charge in [0.05, 0.1) is 16.7 Å². The molecule has 0 saturated carbocycles. The van der Waals surface area contributed by atoms with Gasteiger partial charge >= 0.3 is 6.03 Å². The van der Waals surface area contributed by atoms with E-state index in [0.29, 0.717) is 23.1 Å². The van der Waals surface area contributed by atoms with Gasteiger partial charge in [-0.2, -0.15) is 0 Å². The zero-order valence-electron chi connectivity index (χ0n) is 18.7. The number of ketones is 1. The van der Waals surface area contributed by atoms with Gasteiger partial charge in [-0.1, -0.05) is 42.5 Å². The Hall–Kier alpha value is -4.26. The molecule has 7 nitrogen and oxygen atoms in total. The van der Waals surface area contributed by atoms with Crippen LogP contribution in [0.5, 0.6) is 0 Å². The second-order valence-corrected chi connectivity index (χ2v) is 8.29. The lowest BCUT2D eigenvalue weighted by Crippen LogP contribution is -2.26. The number of carbonyl (C=O) groups is 2. The highest BCUT2D eigenvalue weighted by atomic mass is 16.2. The maximum absolute atomic E-state index is 13.3. The van der Waals surface area contributed by atoms with Crippen LogP contribution in [-0.4, -0.2) is 50.3 Å². The van der Waals surface area contributed by atoms with E-state index in [-0.39, 0.29) is 11.8 Å². The SMILES string of the molecule is Cc1nc2c(Cc3ccc(C(=O)c4cn(C(=O)N(C)C)c5ccccc45)cc3)nccc2[nH]1. The first-order valence-corrected chi connectivity index (χ1v) is 10.7. The van der Waals surface area contributed by atoms with Crippen molar-refractivity contribution in [2.75, 3.05) is 14.1 Å². The molecule has 5 aromatic rings. The van der Waals surface area contributed by atoms with Crippen LogP contribution in [0.3, 0.4) is 0 Å². The number of aromatic nitrogens is 4. The van der Waals surface area contributed by atoms with Crippen LogP contribution < -0.4 is 0 Å². The first-order chi connectivity index (χ1) is 15.9. The lowest BCUT2D eigenvalue weighted by molar-refractivity contribution is 0.104. The highest BCUT2D eigenvalue weighted by molar-refractivity contribution is 6.17. The Morgan fingerprint density at radius 3 is 2.55 bits per heavy atom. The van der Waals surface area contributed by atoms with Crippen LogP contribution in [0.1, 0.15) is 33.0 Å². The minimum absolute atomic E-state index is 0.119. The van der Waals surface area contributed by atoms with E-state index < -0.39 is 0 Å². The molecule has 0 spiro atoms. The predicted octanol–water partition coefficient (Wildman–Crippen LogP) is 4.57. The van der Waals surface area contributed by atoms with E-state index in [2.05, 4.69) is 15.0 Å². The molecule has 2 aromatic carbocycles. The number of aromatic amines is 1. The van der Waals surface area contributed by atoms with Crippen molar-refractivity contribution in [3.8, 4) is 0 Å². The molecule has 3 heterocycles. The highest BCUT2D eigenvalue weighted by Gasteiger charge is 2.20. The van der Waals surface area contributed by atoms with Crippen molar-refractivity contribution in [1.82, 2.24) is 24.4 Å². The zero-order chi connectivity index (χ0) is 23.1. The number of carbonyl (C=O) groups excluding carboxylic acids is 2. The summed E-state index contributed by atoms with van der Waals surface area (Å²) < 4.78 is 1.52. The van der Waals surface area contributed by atoms with Gasteiger partial charge in [0.2, 0.25) is 0 Å². The number of fused-ring (bicyclic) bond motifs is 2. The van der Waals surface area contributed by atoms with Crippen LogP contribution in [0.25, 0.3) is 21.9 Å². The molecule has 0 aliphatic rings. The number of benzene rings is 2. The summed E-state index contributed by atoms with van der Waals surface area (Å²) in [7, 11) is 3.38. The Bertz CT molecular complexity index is 1510. The van der Waals surface area contributed by atoms with Crippen LogP contribution in [-0.2, 0) is 6.42 Å². The van der Waals surface area contributed by atoms with Crippen molar-refractivity contribution >= 4 is 33.8 Å². The van der Waals surface area contributed by atoms with Gasteiger partial charge in [-0.25, -0.2) is 9.78 Å². The third-order valence-electron chi connectivity index (χ3n) is 5.73. The number of nitrogens with zero attached hydrogens (tertiary/aromatic N) is 4. The van der Waals surface area contributed by atoms with Crippen molar-refractivity contribution < 1.29 is 9.59 Å². The van der Waals surface area contributed by atoms with E-state index in [1.165, 1.54) is 9.47 Å². The number of pyridine rings is 1. The van der Waals surface area contributed by atoms with E-state index in [9.17, 15) is 9.59 Å². The molecule has 1 amide bonds. The number of hydrogen-bond acceptors (Lipinski definition) is 4. The smallest absolute Gasteiger partial charge is 0.328 e. The predicted molar refractivity (Wildman–Crippen MR) is 128 cm³/mol. The van der Waals surface area contributed by atoms with Gasteiger partial charge in [-0.15, -0.1) is 0 Å². The summed E-state index contributed by atoms with van der Waals surface area (Å²) in [6, 6.07) is 16.7. The topological polar surface area (TPSA) is 83.9 Å². The van der Waals surface area contributed by atoms with Crippen molar-refractivity contribution in [2.24, 2.45) is 0 Å². The quantitative estimate of drug-likeness (QED) is 0.418. The first kappa shape index (κ1) is 20.6. The Morgan fingerprint density at radius 2 is 1.79 bits per heavy atom. The summed E-state index contributed by atoms with van der Waals surface area (Å²) in [5.41, 5.74) is 5.55. The van der Waals surface area contributed by atoms with Crippen molar-refractivity contribution in [1.29, 1.82) is 0 Å². The summed E-state index contributed by atoms with van der Waals surface area (Å²) >= 11 is 0. The summed E-state index contributed by atoms with van der Waals surface area (Å²) in [5.74, 6) is 0.735. The van der Waals surface area contributed by atoms with Gasteiger partial charge in [-0.3, -0.25) is 14.3 Å². The number of nitrogens with one attached hydrogen (secondary N) is 1. The Labute approximate surface area is 190 Å². The molecule has 0 radical (unpaired) electrons. The normalized spacial score (nSPS) is 11.2. The number of aryl methyl sites for hydroxylation is 1. The zero-order valence-corrected chi connectivity index (χ0v) is 18.7. The van der Waals surface area contributed by atoms with E-state index in [1.54, 1.807) is 26.5 Å². The summed E-state index contributed by atoms with van der Waals surface area (Å²) in [6.45, 7) is 1.92. The highest BCUT2D eigenvalue weighted by Crippen LogP contribution is 2.25. The fourth-order valence-electron chi connectivity index (χ4n) is 4.10. The molecule has 33 heavy (non-hydrogen) atoms. The third-order valence-corrected chi connectivity index (χ3v) is 5.73.